The SMILES string of the molecule is CC(C)c1cnnc(Nc2ccc3ncc(-c4cn(C)nc4NCc4cnn(C)c4)cc3n2)c1. The van der Waals surface area contributed by atoms with Crippen molar-refractivity contribution in [3.8, 4) is 11.1 Å². The van der Waals surface area contributed by atoms with E-state index in [9.17, 15) is 0 Å². The van der Waals surface area contributed by atoms with Crippen LogP contribution in [0.1, 0.15) is 30.9 Å². The van der Waals surface area contributed by atoms with Crippen molar-refractivity contribution in [1.82, 2.24) is 39.7 Å². The van der Waals surface area contributed by atoms with Gasteiger partial charge in [0.1, 0.15) is 5.82 Å². The lowest BCUT2D eigenvalue weighted by molar-refractivity contribution is 0.765. The van der Waals surface area contributed by atoms with Gasteiger partial charge >= 0.3 is 0 Å². The first-order valence-corrected chi connectivity index (χ1v) is 11.1. The molecular formula is C24H26N10. The average molecular weight is 455 g/mol. The normalized spacial score (nSPS) is 11.3. The monoisotopic (exact) mass is 454 g/mol. The van der Waals surface area contributed by atoms with E-state index in [1.807, 2.05) is 63.1 Å². The van der Waals surface area contributed by atoms with Crippen LogP contribution in [0.25, 0.3) is 22.2 Å². The summed E-state index contributed by atoms with van der Waals surface area (Å²) in [5.41, 5.74) is 5.67. The van der Waals surface area contributed by atoms with Gasteiger partial charge in [0.05, 0.1) is 23.4 Å². The molecule has 172 valence electrons. The van der Waals surface area contributed by atoms with E-state index in [-0.39, 0.29) is 0 Å². The third-order valence-corrected chi connectivity index (χ3v) is 5.49. The van der Waals surface area contributed by atoms with Gasteiger partial charge in [0.25, 0.3) is 0 Å². The number of pyridine rings is 2. The summed E-state index contributed by atoms with van der Waals surface area (Å²) in [6.07, 6.45) is 9.43. The number of aromatic nitrogens is 8. The Labute approximate surface area is 197 Å². The summed E-state index contributed by atoms with van der Waals surface area (Å²) in [4.78, 5) is 9.38. The summed E-state index contributed by atoms with van der Waals surface area (Å²) in [5, 5.41) is 23.7. The van der Waals surface area contributed by atoms with E-state index in [2.05, 4.69) is 49.9 Å². The summed E-state index contributed by atoms with van der Waals surface area (Å²) in [6.45, 7) is 4.88. The second-order valence-corrected chi connectivity index (χ2v) is 8.55. The first-order chi connectivity index (χ1) is 16.4. The molecule has 2 N–H and O–H groups in total. The summed E-state index contributed by atoms with van der Waals surface area (Å²) in [5.74, 6) is 2.49. The van der Waals surface area contributed by atoms with E-state index in [1.165, 1.54) is 0 Å². The fourth-order valence-electron chi connectivity index (χ4n) is 3.69. The molecule has 34 heavy (non-hydrogen) atoms. The Kier molecular flexibility index (Phi) is 5.62. The van der Waals surface area contributed by atoms with Crippen molar-refractivity contribution < 1.29 is 0 Å². The van der Waals surface area contributed by atoms with Gasteiger partial charge in [-0.05, 0) is 35.7 Å². The second kappa shape index (κ2) is 8.89. The molecule has 0 atom stereocenters. The summed E-state index contributed by atoms with van der Waals surface area (Å²) >= 11 is 0. The third kappa shape index (κ3) is 4.56. The fourth-order valence-corrected chi connectivity index (χ4v) is 3.69. The highest BCUT2D eigenvalue weighted by Gasteiger charge is 2.13. The van der Waals surface area contributed by atoms with Crippen molar-refractivity contribution in [2.24, 2.45) is 14.1 Å². The van der Waals surface area contributed by atoms with Gasteiger partial charge in [-0.2, -0.15) is 15.3 Å². The molecule has 10 nitrogen and oxygen atoms in total. The smallest absolute Gasteiger partial charge is 0.156 e. The van der Waals surface area contributed by atoms with Crippen LogP contribution in [0, 0.1) is 0 Å². The Balaban J connectivity index is 1.42. The van der Waals surface area contributed by atoms with Crippen molar-refractivity contribution in [3.05, 3.63) is 66.4 Å². The Hall–Kier alpha value is -4.34. The van der Waals surface area contributed by atoms with Crippen LogP contribution in [-0.4, -0.2) is 39.7 Å². The maximum absolute atomic E-state index is 4.76. The molecule has 0 radical (unpaired) electrons. The number of rotatable bonds is 7. The van der Waals surface area contributed by atoms with E-state index in [0.29, 0.717) is 24.1 Å². The van der Waals surface area contributed by atoms with E-state index < -0.39 is 0 Å². The molecule has 0 spiro atoms. The molecule has 0 bridgehead atoms. The molecule has 0 saturated carbocycles. The minimum absolute atomic E-state index is 0.368. The molecule has 0 unspecified atom stereocenters. The molecule has 5 aromatic heterocycles. The Bertz CT molecular complexity index is 1450. The van der Waals surface area contributed by atoms with Gasteiger partial charge in [-0.3, -0.25) is 14.3 Å². The predicted octanol–water partition coefficient (Wildman–Crippen LogP) is 4.03. The van der Waals surface area contributed by atoms with Gasteiger partial charge in [-0.15, -0.1) is 5.10 Å². The van der Waals surface area contributed by atoms with Crippen LogP contribution in [0.5, 0.6) is 0 Å². The van der Waals surface area contributed by atoms with Crippen LogP contribution < -0.4 is 10.6 Å². The third-order valence-electron chi connectivity index (χ3n) is 5.49. The Morgan fingerprint density at radius 1 is 0.941 bits per heavy atom. The zero-order valence-electron chi connectivity index (χ0n) is 19.6. The fraction of sp³-hybridized carbons (Fsp3) is 0.250. The number of nitrogens with zero attached hydrogens (tertiary/aromatic N) is 8. The van der Waals surface area contributed by atoms with Crippen LogP contribution >= 0.6 is 0 Å². The Morgan fingerprint density at radius 2 is 1.82 bits per heavy atom. The second-order valence-electron chi connectivity index (χ2n) is 8.55. The lowest BCUT2D eigenvalue weighted by atomic mass is 10.1. The standard InChI is InChI=1S/C24H26N10/c1-15(2)17-8-23(31-27-12-17)30-22-6-5-20-21(29-22)7-18(11-25-20)19-14-34(4)32-24(19)26-9-16-10-28-33(3)13-16/h5-8,10-15H,9H2,1-4H3,(H,26,32)(H,29,30,31). The van der Waals surface area contributed by atoms with Gasteiger partial charge in [0.2, 0.25) is 0 Å². The van der Waals surface area contributed by atoms with Crippen molar-refractivity contribution in [2.75, 3.05) is 10.6 Å². The lowest BCUT2D eigenvalue weighted by Gasteiger charge is -2.09. The number of fused-ring (bicyclic) bond motifs is 1. The average Bonchev–Trinajstić information content (AvgIpc) is 3.42. The molecule has 5 rings (SSSR count). The zero-order chi connectivity index (χ0) is 23.7. The molecule has 0 saturated heterocycles. The molecule has 0 aliphatic rings. The largest absolute Gasteiger partial charge is 0.364 e. The van der Waals surface area contributed by atoms with E-state index >= 15 is 0 Å². The minimum Gasteiger partial charge on any atom is -0.364 e. The maximum Gasteiger partial charge on any atom is 0.156 e. The van der Waals surface area contributed by atoms with Gasteiger partial charge in [-0.1, -0.05) is 13.8 Å². The van der Waals surface area contributed by atoms with Gasteiger partial charge < -0.3 is 10.6 Å². The number of hydrogen-bond acceptors (Lipinski definition) is 8. The highest BCUT2D eigenvalue weighted by molar-refractivity contribution is 5.84. The summed E-state index contributed by atoms with van der Waals surface area (Å²) in [6, 6.07) is 7.85. The number of anilines is 3. The molecule has 0 aliphatic carbocycles. The van der Waals surface area contributed by atoms with Crippen molar-refractivity contribution in [2.45, 2.75) is 26.3 Å². The van der Waals surface area contributed by atoms with Crippen LogP contribution in [-0.2, 0) is 20.6 Å². The van der Waals surface area contributed by atoms with E-state index in [4.69, 9.17) is 4.98 Å². The molecule has 10 heteroatoms. The number of hydrogen-bond donors (Lipinski definition) is 2. The van der Waals surface area contributed by atoms with Crippen LogP contribution in [0.3, 0.4) is 0 Å². The maximum atomic E-state index is 4.76. The van der Waals surface area contributed by atoms with E-state index in [0.717, 1.165) is 39.1 Å². The zero-order valence-corrected chi connectivity index (χ0v) is 19.6. The van der Waals surface area contributed by atoms with Gasteiger partial charge in [0.15, 0.2) is 11.6 Å². The molecule has 0 aromatic carbocycles. The molecule has 0 fully saturated rings. The van der Waals surface area contributed by atoms with Gasteiger partial charge in [0, 0.05) is 55.9 Å². The number of nitrogens with one attached hydrogen (secondary N) is 2. The molecular weight excluding hydrogens is 428 g/mol. The summed E-state index contributed by atoms with van der Waals surface area (Å²) < 4.78 is 3.57. The first kappa shape index (κ1) is 21.5. The van der Waals surface area contributed by atoms with Crippen LogP contribution in [0.2, 0.25) is 0 Å². The highest BCUT2D eigenvalue weighted by Crippen LogP contribution is 2.29. The van der Waals surface area contributed by atoms with Crippen molar-refractivity contribution >= 4 is 28.5 Å². The minimum atomic E-state index is 0.368. The molecule has 0 amide bonds. The van der Waals surface area contributed by atoms with Crippen LogP contribution in [0.4, 0.5) is 17.5 Å². The predicted molar refractivity (Wildman–Crippen MR) is 132 cm³/mol. The van der Waals surface area contributed by atoms with Crippen molar-refractivity contribution in [1.29, 1.82) is 0 Å². The highest BCUT2D eigenvalue weighted by atomic mass is 15.3. The molecule has 0 aliphatic heterocycles. The topological polar surface area (TPSA) is 111 Å². The van der Waals surface area contributed by atoms with E-state index in [1.54, 1.807) is 15.6 Å². The molecule has 5 heterocycles. The molecule has 5 aromatic rings. The number of aryl methyl sites for hydroxylation is 2. The van der Waals surface area contributed by atoms with Crippen molar-refractivity contribution in [3.63, 3.8) is 0 Å². The first-order valence-electron chi connectivity index (χ1n) is 11.1. The lowest BCUT2D eigenvalue weighted by Crippen LogP contribution is -2.01. The summed E-state index contributed by atoms with van der Waals surface area (Å²) in [7, 11) is 3.81. The van der Waals surface area contributed by atoms with Gasteiger partial charge in [-0.25, -0.2) is 4.98 Å². The van der Waals surface area contributed by atoms with Crippen LogP contribution in [0.15, 0.2) is 55.2 Å². The Morgan fingerprint density at radius 3 is 2.62 bits per heavy atom. The quantitative estimate of drug-likeness (QED) is 0.379.